The van der Waals surface area contributed by atoms with Crippen molar-refractivity contribution in [2.75, 3.05) is 6.54 Å². The van der Waals surface area contributed by atoms with E-state index in [0.717, 1.165) is 0 Å². The molecule has 1 N–H and O–H groups in total. The number of hydrogen-bond acceptors (Lipinski definition) is 6. The molecule has 0 saturated carbocycles. The van der Waals surface area contributed by atoms with Crippen molar-refractivity contribution in [2.45, 2.75) is 37.6 Å². The van der Waals surface area contributed by atoms with E-state index in [1.807, 2.05) is 20.8 Å². The minimum Gasteiger partial charge on any atom is -0.448 e. The molecule has 0 fully saturated rings. The third-order valence-electron chi connectivity index (χ3n) is 3.84. The van der Waals surface area contributed by atoms with Crippen LogP contribution in [-0.2, 0) is 14.8 Å². The lowest BCUT2D eigenvalue weighted by atomic mass is 10.1. The second-order valence-corrected chi connectivity index (χ2v) is 9.80. The van der Waals surface area contributed by atoms with Crippen LogP contribution in [0.25, 0.3) is 0 Å². The van der Waals surface area contributed by atoms with Gasteiger partial charge in [0.05, 0.1) is 12.8 Å². The van der Waals surface area contributed by atoms with Gasteiger partial charge in [-0.05, 0) is 61.0 Å². The van der Waals surface area contributed by atoms with Gasteiger partial charge in [-0.1, -0.05) is 12.1 Å². The Morgan fingerprint density at radius 3 is 2.66 bits per heavy atom. The van der Waals surface area contributed by atoms with Crippen LogP contribution in [0.4, 0.5) is 0 Å². The van der Waals surface area contributed by atoms with Crippen LogP contribution in [-0.4, -0.2) is 43.5 Å². The summed E-state index contributed by atoms with van der Waals surface area (Å²) in [5.41, 5.74) is 0.0772. The largest absolute Gasteiger partial charge is 0.448 e. The van der Waals surface area contributed by atoms with Crippen molar-refractivity contribution in [2.24, 2.45) is 9.50 Å². The van der Waals surface area contributed by atoms with Gasteiger partial charge in [-0.2, -0.15) is 13.5 Å². The fourth-order valence-electron chi connectivity index (χ4n) is 2.71. The van der Waals surface area contributed by atoms with Crippen LogP contribution in [0.3, 0.4) is 0 Å². The third kappa shape index (κ3) is 5.33. The van der Waals surface area contributed by atoms with Crippen LogP contribution in [0.15, 0.2) is 59.9 Å². The molecule has 0 bridgehead atoms. The number of benzene rings is 1. The smallest absolute Gasteiger partial charge is 0.285 e. The Hall–Kier alpha value is -2.46. The van der Waals surface area contributed by atoms with Gasteiger partial charge in [-0.3, -0.25) is 4.79 Å². The summed E-state index contributed by atoms with van der Waals surface area (Å²) < 4.78 is 34.6. The summed E-state index contributed by atoms with van der Waals surface area (Å²) in [4.78, 5) is 12.4. The molecule has 0 aliphatic carbocycles. The van der Waals surface area contributed by atoms with Crippen molar-refractivity contribution in [3.8, 4) is 0 Å². The second kappa shape index (κ2) is 8.11. The normalized spacial score (nSPS) is 15.2. The van der Waals surface area contributed by atoms with Gasteiger partial charge in [0, 0.05) is 17.5 Å². The molecule has 0 saturated heterocycles. The number of hydrazone groups is 1. The van der Waals surface area contributed by atoms with E-state index < -0.39 is 10.0 Å². The average Bonchev–Trinajstić information content (AvgIpc) is 3.15. The zero-order valence-corrected chi connectivity index (χ0v) is 18.6. The molecular weight excluding hydrogens is 460 g/mol. The molecule has 29 heavy (non-hydrogen) atoms. The molecule has 0 unspecified atom stereocenters. The molecule has 10 heteroatoms. The number of carbonyl (C=O) groups excluding carboxylic acids is 1. The maximum atomic E-state index is 12.4. The molecule has 2 aromatic rings. The van der Waals surface area contributed by atoms with Crippen LogP contribution in [0, 0.1) is 0 Å². The summed E-state index contributed by atoms with van der Waals surface area (Å²) in [5.74, 6) is 0.468. The first-order chi connectivity index (χ1) is 13.5. The van der Waals surface area contributed by atoms with E-state index in [1.54, 1.807) is 30.3 Å². The van der Waals surface area contributed by atoms with Gasteiger partial charge in [0.15, 0.2) is 10.5 Å². The molecule has 1 aromatic heterocycles. The quantitative estimate of drug-likeness (QED) is 0.522. The molecule has 1 aliphatic rings. The first-order valence-electron chi connectivity index (χ1n) is 8.87. The molecule has 8 nitrogen and oxygen atoms in total. The molecule has 1 aromatic carbocycles. The molecule has 0 spiro atoms. The van der Waals surface area contributed by atoms with Crippen molar-refractivity contribution in [1.29, 1.82) is 0 Å². The van der Waals surface area contributed by atoms with Crippen molar-refractivity contribution in [3.63, 3.8) is 0 Å². The number of halogens is 1. The fourth-order valence-corrected chi connectivity index (χ4v) is 4.23. The third-order valence-corrected chi connectivity index (χ3v) is 5.59. The molecule has 1 amide bonds. The van der Waals surface area contributed by atoms with Gasteiger partial charge in [-0.15, -0.1) is 4.40 Å². The summed E-state index contributed by atoms with van der Waals surface area (Å²) in [6.07, 6.45) is 1.56. The van der Waals surface area contributed by atoms with Crippen molar-refractivity contribution >= 4 is 43.9 Å². The summed E-state index contributed by atoms with van der Waals surface area (Å²) >= 11 is 3.22. The summed E-state index contributed by atoms with van der Waals surface area (Å²) in [5, 5.41) is 8.62. The Kier molecular flexibility index (Phi) is 5.95. The Morgan fingerprint density at radius 2 is 2.00 bits per heavy atom. The maximum absolute atomic E-state index is 12.4. The van der Waals surface area contributed by atoms with Gasteiger partial charge in [0.1, 0.15) is 10.7 Å². The molecular formula is C19H21BrN4O4S. The maximum Gasteiger partial charge on any atom is 0.285 e. The van der Waals surface area contributed by atoms with E-state index in [0.29, 0.717) is 16.0 Å². The van der Waals surface area contributed by atoms with Crippen LogP contribution in [0.1, 0.15) is 38.5 Å². The number of nitrogens with zero attached hydrogens (tertiary/aromatic N) is 3. The van der Waals surface area contributed by atoms with Gasteiger partial charge >= 0.3 is 0 Å². The number of rotatable bonds is 5. The van der Waals surface area contributed by atoms with Crippen molar-refractivity contribution < 1.29 is 17.6 Å². The minimum absolute atomic E-state index is 0.109. The number of amidine groups is 1. The van der Waals surface area contributed by atoms with E-state index >= 15 is 0 Å². The first-order valence-corrected chi connectivity index (χ1v) is 11.1. The molecule has 0 radical (unpaired) electrons. The molecule has 2 heterocycles. The monoisotopic (exact) mass is 480 g/mol. The fraction of sp³-hybridized carbons (Fsp3) is 0.316. The number of nitrogens with one attached hydrogen (secondary N) is 1. The van der Waals surface area contributed by atoms with Crippen LogP contribution in [0.2, 0.25) is 0 Å². The highest BCUT2D eigenvalue weighted by molar-refractivity contribution is 9.10. The first kappa shape index (κ1) is 21.3. The van der Waals surface area contributed by atoms with E-state index in [4.69, 9.17) is 4.42 Å². The van der Waals surface area contributed by atoms with E-state index in [2.05, 4.69) is 30.7 Å². The van der Waals surface area contributed by atoms with E-state index in [-0.39, 0.29) is 35.1 Å². The van der Waals surface area contributed by atoms with Gasteiger partial charge in [0.25, 0.3) is 10.0 Å². The molecule has 0 atom stereocenters. The Morgan fingerprint density at radius 1 is 1.28 bits per heavy atom. The Labute approximate surface area is 177 Å². The number of hydrogen-bond donors (Lipinski definition) is 1. The van der Waals surface area contributed by atoms with Gasteiger partial charge in [-0.25, -0.2) is 5.01 Å². The lowest BCUT2D eigenvalue weighted by Crippen LogP contribution is -2.42. The number of carbonyl (C=O) groups is 1. The molecule has 154 valence electrons. The highest BCUT2D eigenvalue weighted by atomic mass is 79.9. The standard InChI is InChI=1S/C19H21BrN4O4S/c1-19(2,3)22-17(25)10-11-24(21-12-13-8-9-16(20)28-13)18-14-6-4-5-7-15(14)29(26,27)23-18/h4-9,12H,10-11H2,1-3H3,(H,22,25)/b21-12-. The predicted octanol–water partition coefficient (Wildman–Crippen LogP) is 3.13. The second-order valence-electron chi connectivity index (χ2n) is 7.44. The van der Waals surface area contributed by atoms with Gasteiger partial charge in [0.2, 0.25) is 5.91 Å². The van der Waals surface area contributed by atoms with Crippen molar-refractivity contribution in [1.82, 2.24) is 10.3 Å². The highest BCUT2D eigenvalue weighted by Gasteiger charge is 2.32. The Bertz CT molecular complexity index is 1080. The predicted molar refractivity (Wildman–Crippen MR) is 113 cm³/mol. The van der Waals surface area contributed by atoms with E-state index in [9.17, 15) is 13.2 Å². The minimum atomic E-state index is -3.81. The zero-order chi connectivity index (χ0) is 21.2. The topological polar surface area (TPSA) is 104 Å². The average molecular weight is 481 g/mol. The van der Waals surface area contributed by atoms with Crippen LogP contribution < -0.4 is 5.32 Å². The molecule has 3 rings (SSSR count). The SMILES string of the molecule is CC(C)(C)NC(=O)CCN(/N=C\c1ccc(Br)o1)C1=NS(=O)(=O)c2ccccc21. The highest BCUT2D eigenvalue weighted by Crippen LogP contribution is 2.27. The van der Waals surface area contributed by atoms with Gasteiger partial charge < -0.3 is 9.73 Å². The van der Waals surface area contributed by atoms with Crippen LogP contribution >= 0.6 is 15.9 Å². The number of amides is 1. The number of fused-ring (bicyclic) bond motifs is 1. The summed E-state index contributed by atoms with van der Waals surface area (Å²) in [6.45, 7) is 5.81. The zero-order valence-electron chi connectivity index (χ0n) is 16.2. The Balaban J connectivity index is 1.89. The number of furan rings is 1. The number of sulfonamides is 1. The lowest BCUT2D eigenvalue weighted by Gasteiger charge is -2.22. The summed E-state index contributed by atoms with van der Waals surface area (Å²) in [7, 11) is -3.81. The lowest BCUT2D eigenvalue weighted by molar-refractivity contribution is -0.122. The van der Waals surface area contributed by atoms with Crippen molar-refractivity contribution in [3.05, 3.63) is 52.4 Å². The van der Waals surface area contributed by atoms with Crippen LogP contribution in [0.5, 0.6) is 0 Å². The van der Waals surface area contributed by atoms with E-state index in [1.165, 1.54) is 17.3 Å². The molecule has 1 aliphatic heterocycles. The summed E-state index contributed by atoms with van der Waals surface area (Å²) in [6, 6.07) is 9.96.